The number of carbonyl (C=O) groups is 1. The van der Waals surface area contributed by atoms with E-state index in [9.17, 15) is 4.79 Å². The second-order valence-electron chi connectivity index (χ2n) is 4.33. The minimum absolute atomic E-state index is 0.238. The zero-order chi connectivity index (χ0) is 9.54. The second kappa shape index (κ2) is 2.94. The van der Waals surface area contributed by atoms with Crippen molar-refractivity contribution >= 4 is 11.6 Å². The summed E-state index contributed by atoms with van der Waals surface area (Å²) in [5.74, 6) is 1.63. The summed E-state index contributed by atoms with van der Waals surface area (Å²) >= 11 is 0. The highest BCUT2D eigenvalue weighted by atomic mass is 16.1. The maximum absolute atomic E-state index is 11.5. The lowest BCUT2D eigenvalue weighted by molar-refractivity contribution is -0.112. The van der Waals surface area contributed by atoms with Crippen molar-refractivity contribution in [1.82, 2.24) is 4.90 Å². The molecule has 1 aliphatic carbocycles. The van der Waals surface area contributed by atoms with E-state index in [4.69, 9.17) is 0 Å². The van der Waals surface area contributed by atoms with Gasteiger partial charge in [-0.3, -0.25) is 9.79 Å². The number of fused-ring (bicyclic) bond motifs is 2. The number of nitrogens with zero attached hydrogens (tertiary/aromatic N) is 2. The van der Waals surface area contributed by atoms with Crippen LogP contribution >= 0.6 is 0 Å². The van der Waals surface area contributed by atoms with Crippen LogP contribution in [0, 0.1) is 5.92 Å². The fraction of sp³-hybridized carbons (Fsp3) is 0.636. The molecule has 0 saturated carbocycles. The molecular formula is C11H14N2O. The number of carbonyl (C=O) groups excluding carboxylic acids is 1. The quantitative estimate of drug-likeness (QED) is 0.534. The molecule has 3 rings (SSSR count). The molecule has 0 radical (unpaired) electrons. The molecule has 0 aromatic carbocycles. The van der Waals surface area contributed by atoms with Gasteiger partial charge in [0.15, 0.2) is 11.6 Å². The van der Waals surface area contributed by atoms with Crippen LogP contribution in [0.2, 0.25) is 0 Å². The number of Topliss-reactive ketones (excluding diaryl/α,β-unsaturated/α-hetero) is 1. The van der Waals surface area contributed by atoms with Gasteiger partial charge in [0.1, 0.15) is 0 Å². The maximum atomic E-state index is 11.5. The highest BCUT2D eigenvalue weighted by Crippen LogP contribution is 2.28. The Morgan fingerprint density at radius 3 is 3.36 bits per heavy atom. The number of hydrogen-bond acceptors (Lipinski definition) is 3. The smallest absolute Gasteiger partial charge is 0.199 e. The van der Waals surface area contributed by atoms with Gasteiger partial charge in [-0.1, -0.05) is 12.2 Å². The van der Waals surface area contributed by atoms with Crippen molar-refractivity contribution in [3.8, 4) is 0 Å². The van der Waals surface area contributed by atoms with Crippen molar-refractivity contribution in [3.63, 3.8) is 0 Å². The van der Waals surface area contributed by atoms with Crippen LogP contribution in [0.5, 0.6) is 0 Å². The number of aliphatic imine (C=N–C) groups is 1. The molecule has 0 spiro atoms. The molecule has 0 amide bonds. The molecule has 0 N–H and O–H groups in total. The van der Waals surface area contributed by atoms with Gasteiger partial charge >= 0.3 is 0 Å². The number of hydrogen-bond donors (Lipinski definition) is 0. The lowest BCUT2D eigenvalue weighted by atomic mass is 9.88. The summed E-state index contributed by atoms with van der Waals surface area (Å²) in [5.41, 5.74) is 0. The Hall–Kier alpha value is -1.12. The standard InChI is InChI=1S/C11H14N2O/c14-10-5-6-13-7-8-3-1-2-4-9(8)12-11(10)13/h2,4,8-9H,1,3,5-7H2. The molecule has 0 aromatic rings. The average Bonchev–Trinajstić information content (AvgIpc) is 2.57. The van der Waals surface area contributed by atoms with Gasteiger partial charge in [0, 0.05) is 25.4 Å². The number of ketones is 1. The molecule has 2 atom stereocenters. The SMILES string of the molecule is O=C1CCN2CC3CCC=CC3N=C12. The van der Waals surface area contributed by atoms with Crippen LogP contribution in [0.4, 0.5) is 0 Å². The molecule has 3 nitrogen and oxygen atoms in total. The van der Waals surface area contributed by atoms with E-state index in [0.717, 1.165) is 18.9 Å². The molecule has 1 fully saturated rings. The molecule has 2 heterocycles. The van der Waals surface area contributed by atoms with Crippen molar-refractivity contribution in [2.75, 3.05) is 13.1 Å². The molecular weight excluding hydrogens is 176 g/mol. The van der Waals surface area contributed by atoms with E-state index < -0.39 is 0 Å². The Bertz CT molecular complexity index is 332. The molecule has 0 aromatic heterocycles. The summed E-state index contributed by atoms with van der Waals surface area (Å²) in [6.07, 6.45) is 7.43. The van der Waals surface area contributed by atoms with Gasteiger partial charge in [-0.25, -0.2) is 0 Å². The van der Waals surface area contributed by atoms with Crippen molar-refractivity contribution in [2.24, 2.45) is 10.9 Å². The van der Waals surface area contributed by atoms with Crippen LogP contribution in [-0.2, 0) is 4.79 Å². The van der Waals surface area contributed by atoms with Crippen molar-refractivity contribution in [2.45, 2.75) is 25.3 Å². The van der Waals surface area contributed by atoms with Crippen molar-refractivity contribution in [3.05, 3.63) is 12.2 Å². The van der Waals surface area contributed by atoms with Gasteiger partial charge in [0.2, 0.25) is 0 Å². The normalized spacial score (nSPS) is 35.3. The number of amidine groups is 1. The Morgan fingerprint density at radius 2 is 2.43 bits per heavy atom. The highest BCUT2D eigenvalue weighted by molar-refractivity contribution is 6.40. The first-order valence-electron chi connectivity index (χ1n) is 5.37. The summed E-state index contributed by atoms with van der Waals surface area (Å²) in [6, 6.07) is 0.289. The van der Waals surface area contributed by atoms with E-state index in [1.807, 2.05) is 0 Å². The summed E-state index contributed by atoms with van der Waals surface area (Å²) in [7, 11) is 0. The van der Waals surface area contributed by atoms with Gasteiger partial charge < -0.3 is 4.90 Å². The van der Waals surface area contributed by atoms with Crippen LogP contribution < -0.4 is 0 Å². The Labute approximate surface area is 83.5 Å². The van der Waals surface area contributed by atoms with E-state index in [2.05, 4.69) is 22.0 Å². The number of rotatable bonds is 0. The minimum Gasteiger partial charge on any atom is -0.353 e. The topological polar surface area (TPSA) is 32.7 Å². The van der Waals surface area contributed by atoms with Crippen molar-refractivity contribution < 1.29 is 4.79 Å². The van der Waals surface area contributed by atoms with Crippen LogP contribution in [0.3, 0.4) is 0 Å². The lowest BCUT2D eigenvalue weighted by Crippen LogP contribution is -2.42. The maximum Gasteiger partial charge on any atom is 0.199 e. The molecule has 74 valence electrons. The fourth-order valence-electron chi connectivity index (χ4n) is 2.61. The monoisotopic (exact) mass is 190 g/mol. The van der Waals surface area contributed by atoms with E-state index in [-0.39, 0.29) is 11.8 Å². The third-order valence-corrected chi connectivity index (χ3v) is 3.40. The fourth-order valence-corrected chi connectivity index (χ4v) is 2.61. The summed E-state index contributed by atoms with van der Waals surface area (Å²) < 4.78 is 0. The molecule has 2 aliphatic heterocycles. The first-order chi connectivity index (χ1) is 6.84. The molecule has 0 bridgehead atoms. The third kappa shape index (κ3) is 1.11. The first-order valence-corrected chi connectivity index (χ1v) is 5.37. The van der Waals surface area contributed by atoms with Gasteiger partial charge in [-0.2, -0.15) is 0 Å². The largest absolute Gasteiger partial charge is 0.353 e. The Morgan fingerprint density at radius 1 is 1.50 bits per heavy atom. The van der Waals surface area contributed by atoms with E-state index in [1.54, 1.807) is 0 Å². The highest BCUT2D eigenvalue weighted by Gasteiger charge is 2.36. The minimum atomic E-state index is 0.238. The van der Waals surface area contributed by atoms with Gasteiger partial charge in [0.25, 0.3) is 0 Å². The lowest BCUT2D eigenvalue weighted by Gasteiger charge is -2.34. The predicted molar refractivity (Wildman–Crippen MR) is 54.3 cm³/mol. The summed E-state index contributed by atoms with van der Waals surface area (Å²) in [6.45, 7) is 1.93. The zero-order valence-corrected chi connectivity index (χ0v) is 8.15. The predicted octanol–water partition coefficient (Wildman–Crippen LogP) is 1.01. The van der Waals surface area contributed by atoms with E-state index in [1.165, 1.54) is 12.8 Å². The van der Waals surface area contributed by atoms with Crippen LogP contribution in [0.1, 0.15) is 19.3 Å². The molecule has 2 unspecified atom stereocenters. The zero-order valence-electron chi connectivity index (χ0n) is 8.15. The van der Waals surface area contributed by atoms with Crippen molar-refractivity contribution in [1.29, 1.82) is 0 Å². The molecule has 14 heavy (non-hydrogen) atoms. The second-order valence-corrected chi connectivity index (χ2v) is 4.33. The molecule has 1 saturated heterocycles. The molecule has 3 heteroatoms. The first kappa shape index (κ1) is 8.21. The van der Waals surface area contributed by atoms with Crippen LogP contribution in [0.25, 0.3) is 0 Å². The third-order valence-electron chi connectivity index (χ3n) is 3.40. The van der Waals surface area contributed by atoms with E-state index >= 15 is 0 Å². The van der Waals surface area contributed by atoms with Crippen LogP contribution in [0.15, 0.2) is 17.1 Å². The van der Waals surface area contributed by atoms with Gasteiger partial charge in [-0.05, 0) is 12.8 Å². The average molecular weight is 190 g/mol. The van der Waals surface area contributed by atoms with E-state index in [0.29, 0.717) is 12.3 Å². The van der Waals surface area contributed by atoms with Gasteiger partial charge in [0.05, 0.1) is 6.04 Å². The molecule has 3 aliphatic rings. The summed E-state index contributed by atoms with van der Waals surface area (Å²) in [4.78, 5) is 18.2. The Balaban J connectivity index is 1.95. The Kier molecular flexibility index (Phi) is 1.72. The van der Waals surface area contributed by atoms with Gasteiger partial charge in [-0.15, -0.1) is 0 Å². The van der Waals surface area contributed by atoms with Crippen LogP contribution in [-0.4, -0.2) is 35.7 Å². The number of allylic oxidation sites excluding steroid dienone is 1. The summed E-state index contributed by atoms with van der Waals surface area (Å²) in [5, 5.41) is 0.